The van der Waals surface area contributed by atoms with Crippen molar-refractivity contribution >= 4 is 12.1 Å². The smallest absolute Gasteiger partial charge is 0.281 e. The molecule has 1 aromatic heterocycles. The van der Waals surface area contributed by atoms with Crippen molar-refractivity contribution in [1.82, 2.24) is 15.6 Å². The third-order valence-corrected chi connectivity index (χ3v) is 4.04. The molecule has 0 saturated heterocycles. The van der Waals surface area contributed by atoms with E-state index >= 15 is 0 Å². The van der Waals surface area contributed by atoms with E-state index in [0.29, 0.717) is 5.69 Å². The highest BCUT2D eigenvalue weighted by Crippen LogP contribution is 2.21. The van der Waals surface area contributed by atoms with Crippen molar-refractivity contribution in [2.45, 2.75) is 39.0 Å². The third kappa shape index (κ3) is 3.08. The largest absolute Gasteiger partial charge is 0.292 e. The van der Waals surface area contributed by atoms with Gasteiger partial charge in [-0.05, 0) is 43.2 Å². The van der Waals surface area contributed by atoms with Crippen molar-refractivity contribution in [2.24, 2.45) is 5.10 Å². The van der Waals surface area contributed by atoms with Gasteiger partial charge < -0.3 is 0 Å². The number of aromatic nitrogens is 2. The van der Waals surface area contributed by atoms with Gasteiger partial charge in [0.25, 0.3) is 5.91 Å². The Morgan fingerprint density at radius 3 is 2.86 bits per heavy atom. The van der Waals surface area contributed by atoms with Crippen LogP contribution in [0, 0.1) is 0 Å². The maximum absolute atomic E-state index is 12.2. The van der Waals surface area contributed by atoms with Gasteiger partial charge in [0.1, 0.15) is 0 Å². The van der Waals surface area contributed by atoms with Gasteiger partial charge in [0.05, 0.1) is 6.21 Å². The molecule has 3 rings (SSSR count). The number of aromatic amines is 1. The summed E-state index contributed by atoms with van der Waals surface area (Å²) >= 11 is 0. The van der Waals surface area contributed by atoms with Gasteiger partial charge in [0.15, 0.2) is 5.69 Å². The zero-order chi connectivity index (χ0) is 15.4. The van der Waals surface area contributed by atoms with Crippen molar-refractivity contribution in [3.8, 4) is 0 Å². The van der Waals surface area contributed by atoms with Gasteiger partial charge >= 0.3 is 0 Å². The van der Waals surface area contributed by atoms with Crippen molar-refractivity contribution < 1.29 is 4.79 Å². The van der Waals surface area contributed by atoms with Gasteiger partial charge in [0.2, 0.25) is 0 Å². The average Bonchev–Trinajstić information content (AvgIpc) is 2.99. The number of hydrogen-bond donors (Lipinski definition) is 2. The van der Waals surface area contributed by atoms with Crippen LogP contribution in [-0.4, -0.2) is 22.3 Å². The number of benzene rings is 1. The van der Waals surface area contributed by atoms with Crippen molar-refractivity contribution in [2.75, 3.05) is 0 Å². The number of hydrazone groups is 1. The van der Waals surface area contributed by atoms with Crippen molar-refractivity contribution in [3.05, 3.63) is 52.3 Å². The lowest BCUT2D eigenvalue weighted by atomic mass is 9.96. The number of nitrogens with zero attached hydrogens (tertiary/aromatic N) is 2. The van der Waals surface area contributed by atoms with E-state index < -0.39 is 0 Å². The minimum Gasteiger partial charge on any atom is -0.281 e. The second kappa shape index (κ2) is 6.56. The molecule has 1 amide bonds. The first-order valence-electron chi connectivity index (χ1n) is 7.76. The summed E-state index contributed by atoms with van der Waals surface area (Å²) in [7, 11) is 0. The fraction of sp³-hybridized carbons (Fsp3) is 0.353. The molecule has 114 valence electrons. The van der Waals surface area contributed by atoms with Gasteiger partial charge in [-0.25, -0.2) is 5.43 Å². The van der Waals surface area contributed by atoms with Crippen LogP contribution in [0.1, 0.15) is 52.6 Å². The van der Waals surface area contributed by atoms with E-state index in [1.165, 1.54) is 5.56 Å². The molecule has 1 aliphatic carbocycles. The number of amides is 1. The van der Waals surface area contributed by atoms with E-state index in [-0.39, 0.29) is 5.91 Å². The Morgan fingerprint density at radius 2 is 2.09 bits per heavy atom. The number of nitrogens with one attached hydrogen (secondary N) is 2. The topological polar surface area (TPSA) is 70.1 Å². The second-order valence-corrected chi connectivity index (χ2v) is 5.53. The molecule has 0 radical (unpaired) electrons. The Balaban J connectivity index is 1.64. The lowest BCUT2D eigenvalue weighted by molar-refractivity contribution is 0.0949. The molecule has 0 atom stereocenters. The number of carbonyl (C=O) groups is 1. The molecule has 2 aromatic rings. The summed E-state index contributed by atoms with van der Waals surface area (Å²) in [5, 5.41) is 11.1. The summed E-state index contributed by atoms with van der Waals surface area (Å²) in [6, 6.07) is 8.11. The molecule has 0 saturated carbocycles. The maximum Gasteiger partial charge on any atom is 0.292 e. The van der Waals surface area contributed by atoms with Crippen LogP contribution in [0.2, 0.25) is 0 Å². The Morgan fingerprint density at radius 1 is 1.32 bits per heavy atom. The zero-order valence-electron chi connectivity index (χ0n) is 12.7. The molecule has 5 nitrogen and oxygen atoms in total. The summed E-state index contributed by atoms with van der Waals surface area (Å²) in [5.74, 6) is -0.249. The molecule has 0 aliphatic heterocycles. The van der Waals surface area contributed by atoms with Gasteiger partial charge in [0, 0.05) is 11.3 Å². The van der Waals surface area contributed by atoms with Crippen LogP contribution in [0.3, 0.4) is 0 Å². The molecule has 0 spiro atoms. The SMILES string of the molecule is CCc1ccc(/C=N/NC(=O)c2n[nH]c3c2CCCC3)cc1. The molecule has 1 aliphatic rings. The molecule has 2 N–H and O–H groups in total. The van der Waals surface area contributed by atoms with E-state index in [9.17, 15) is 4.79 Å². The molecule has 5 heteroatoms. The van der Waals surface area contributed by atoms with Gasteiger partial charge in [-0.15, -0.1) is 0 Å². The lowest BCUT2D eigenvalue weighted by Gasteiger charge is -2.10. The molecule has 1 aromatic carbocycles. The van der Waals surface area contributed by atoms with E-state index in [1.54, 1.807) is 6.21 Å². The van der Waals surface area contributed by atoms with Crippen LogP contribution in [0.5, 0.6) is 0 Å². The van der Waals surface area contributed by atoms with Crippen LogP contribution in [0.25, 0.3) is 0 Å². The molecule has 1 heterocycles. The number of rotatable bonds is 4. The Bertz CT molecular complexity index is 685. The average molecular weight is 296 g/mol. The first-order valence-corrected chi connectivity index (χ1v) is 7.76. The van der Waals surface area contributed by atoms with Gasteiger partial charge in [-0.1, -0.05) is 31.2 Å². The number of carbonyl (C=O) groups excluding carboxylic acids is 1. The first kappa shape index (κ1) is 14.5. The Kier molecular flexibility index (Phi) is 4.32. The Labute approximate surface area is 129 Å². The normalized spacial score (nSPS) is 14.0. The predicted molar refractivity (Wildman–Crippen MR) is 86.1 cm³/mol. The number of fused-ring (bicyclic) bond motifs is 1. The maximum atomic E-state index is 12.2. The highest BCUT2D eigenvalue weighted by Gasteiger charge is 2.21. The second-order valence-electron chi connectivity index (χ2n) is 5.53. The molecule has 0 bridgehead atoms. The van der Waals surface area contributed by atoms with Crippen LogP contribution < -0.4 is 5.43 Å². The predicted octanol–water partition coefficient (Wildman–Crippen LogP) is 2.61. The van der Waals surface area contributed by atoms with Crippen LogP contribution >= 0.6 is 0 Å². The molecular weight excluding hydrogens is 276 g/mol. The number of aryl methyl sites for hydroxylation is 2. The van der Waals surface area contributed by atoms with E-state index in [4.69, 9.17) is 0 Å². The summed E-state index contributed by atoms with van der Waals surface area (Å²) < 4.78 is 0. The summed E-state index contributed by atoms with van der Waals surface area (Å²) in [4.78, 5) is 12.2. The highest BCUT2D eigenvalue weighted by atomic mass is 16.2. The standard InChI is InChI=1S/C17H20N4O/c1-2-12-7-9-13(10-8-12)11-18-21-17(22)16-14-5-3-4-6-15(14)19-20-16/h7-11H,2-6H2,1H3,(H,19,20)(H,21,22)/b18-11+. The fourth-order valence-corrected chi connectivity index (χ4v) is 2.73. The molecular formula is C17H20N4O. The van der Waals surface area contributed by atoms with E-state index in [0.717, 1.165) is 48.9 Å². The zero-order valence-corrected chi connectivity index (χ0v) is 12.7. The first-order chi connectivity index (χ1) is 10.8. The summed E-state index contributed by atoms with van der Waals surface area (Å²) in [6.07, 6.45) is 6.82. The summed E-state index contributed by atoms with van der Waals surface area (Å²) in [6.45, 7) is 2.12. The van der Waals surface area contributed by atoms with Crippen LogP contribution in [0.4, 0.5) is 0 Å². The number of hydrogen-bond acceptors (Lipinski definition) is 3. The van der Waals surface area contributed by atoms with E-state index in [2.05, 4.69) is 39.8 Å². The van der Waals surface area contributed by atoms with E-state index in [1.807, 2.05) is 12.1 Å². The monoisotopic (exact) mass is 296 g/mol. The minimum absolute atomic E-state index is 0.249. The third-order valence-electron chi connectivity index (χ3n) is 4.04. The highest BCUT2D eigenvalue weighted by molar-refractivity contribution is 5.94. The quantitative estimate of drug-likeness (QED) is 0.672. The lowest BCUT2D eigenvalue weighted by Crippen LogP contribution is -2.20. The molecule has 0 unspecified atom stereocenters. The Hall–Kier alpha value is -2.43. The number of H-pyrrole nitrogens is 1. The van der Waals surface area contributed by atoms with Gasteiger partial charge in [-0.3, -0.25) is 9.89 Å². The van der Waals surface area contributed by atoms with Crippen molar-refractivity contribution in [1.29, 1.82) is 0 Å². The molecule has 0 fully saturated rings. The van der Waals surface area contributed by atoms with Crippen LogP contribution in [0.15, 0.2) is 29.4 Å². The van der Waals surface area contributed by atoms with Crippen LogP contribution in [-0.2, 0) is 19.3 Å². The van der Waals surface area contributed by atoms with Crippen molar-refractivity contribution in [3.63, 3.8) is 0 Å². The fourth-order valence-electron chi connectivity index (χ4n) is 2.73. The molecule has 22 heavy (non-hydrogen) atoms. The van der Waals surface area contributed by atoms with Gasteiger partial charge in [-0.2, -0.15) is 10.2 Å². The summed E-state index contributed by atoms with van der Waals surface area (Å²) in [5.41, 5.74) is 7.42. The minimum atomic E-state index is -0.249.